The number of unbranched alkanes of at least 4 members (excludes halogenated alkanes) is 11. The number of aliphatic hydroxyl groups is 1. The first-order valence-corrected chi connectivity index (χ1v) is 19.1. The average molecular weight is 667 g/mol. The Kier molecular flexibility index (Phi) is 36.2. The molecule has 0 aromatic carbocycles. The molecule has 0 saturated heterocycles. The van der Waals surface area contributed by atoms with Crippen LogP contribution >= 0.6 is 0 Å². The zero-order valence-electron chi connectivity index (χ0n) is 30.7. The molecule has 272 valence electrons. The number of carbonyl (C=O) groups is 2. The van der Waals surface area contributed by atoms with Gasteiger partial charge in [0, 0.05) is 12.8 Å². The molecule has 1 atom stereocenters. The lowest BCUT2D eigenvalue weighted by Gasteiger charge is -2.15. The first-order valence-electron chi connectivity index (χ1n) is 19.1. The van der Waals surface area contributed by atoms with Gasteiger partial charge >= 0.3 is 11.9 Å². The zero-order chi connectivity index (χ0) is 35.0. The van der Waals surface area contributed by atoms with Gasteiger partial charge in [0.25, 0.3) is 0 Å². The fraction of sp³-hybridized carbons (Fsp3) is 0.628. The summed E-state index contributed by atoms with van der Waals surface area (Å²) < 4.78 is 10.5. The average Bonchev–Trinajstić information content (AvgIpc) is 3.09. The van der Waals surface area contributed by atoms with E-state index in [0.29, 0.717) is 12.8 Å². The largest absolute Gasteiger partial charge is 0.462 e. The van der Waals surface area contributed by atoms with E-state index in [0.717, 1.165) is 57.8 Å². The number of esters is 2. The highest BCUT2D eigenvalue weighted by molar-refractivity contribution is 5.70. The molecule has 0 radical (unpaired) electrons. The van der Waals surface area contributed by atoms with Crippen molar-refractivity contribution in [1.82, 2.24) is 0 Å². The molecule has 0 heterocycles. The highest BCUT2D eigenvalue weighted by atomic mass is 16.6. The van der Waals surface area contributed by atoms with E-state index in [2.05, 4.69) is 86.8 Å². The van der Waals surface area contributed by atoms with Crippen LogP contribution in [0, 0.1) is 0 Å². The molecule has 0 bridgehead atoms. The molecular weight excluding hydrogens is 596 g/mol. The number of ether oxygens (including phenoxy) is 2. The van der Waals surface area contributed by atoms with Gasteiger partial charge in [0.05, 0.1) is 6.61 Å². The fourth-order valence-electron chi connectivity index (χ4n) is 4.81. The van der Waals surface area contributed by atoms with Gasteiger partial charge in [-0.2, -0.15) is 0 Å². The van der Waals surface area contributed by atoms with Crippen LogP contribution in [0.2, 0.25) is 0 Å². The predicted octanol–water partition coefficient (Wildman–Crippen LogP) is 11.9. The van der Waals surface area contributed by atoms with Gasteiger partial charge in [0.1, 0.15) is 6.61 Å². The van der Waals surface area contributed by atoms with E-state index in [-0.39, 0.29) is 31.6 Å². The summed E-state index contributed by atoms with van der Waals surface area (Å²) in [6.07, 6.45) is 52.2. The first kappa shape index (κ1) is 45.1. The third-order valence-electron chi connectivity index (χ3n) is 7.69. The van der Waals surface area contributed by atoms with Gasteiger partial charge in [-0.1, -0.05) is 150 Å². The van der Waals surface area contributed by atoms with Crippen molar-refractivity contribution in [3.05, 3.63) is 85.1 Å². The minimum Gasteiger partial charge on any atom is -0.462 e. The second kappa shape index (κ2) is 38.5. The summed E-state index contributed by atoms with van der Waals surface area (Å²) in [7, 11) is 0. The van der Waals surface area contributed by atoms with Gasteiger partial charge in [-0.15, -0.1) is 0 Å². The van der Waals surface area contributed by atoms with Gasteiger partial charge < -0.3 is 14.6 Å². The molecule has 0 aliphatic heterocycles. The summed E-state index contributed by atoms with van der Waals surface area (Å²) >= 11 is 0. The quantitative estimate of drug-likeness (QED) is 0.0429. The van der Waals surface area contributed by atoms with E-state index in [9.17, 15) is 14.7 Å². The van der Waals surface area contributed by atoms with Crippen molar-refractivity contribution < 1.29 is 24.2 Å². The Balaban J connectivity index is 3.73. The van der Waals surface area contributed by atoms with Crippen LogP contribution in [-0.4, -0.2) is 36.4 Å². The summed E-state index contributed by atoms with van der Waals surface area (Å²) in [6.45, 7) is 3.92. The number of aliphatic hydroxyl groups excluding tert-OH is 1. The molecule has 1 unspecified atom stereocenters. The molecule has 0 spiro atoms. The molecule has 5 heteroatoms. The van der Waals surface area contributed by atoms with Gasteiger partial charge in [0.15, 0.2) is 6.10 Å². The van der Waals surface area contributed by atoms with E-state index in [4.69, 9.17) is 9.47 Å². The number of carbonyl (C=O) groups excluding carboxylic acids is 2. The van der Waals surface area contributed by atoms with Crippen molar-refractivity contribution in [2.45, 2.75) is 161 Å². The highest BCUT2D eigenvalue weighted by Gasteiger charge is 2.15. The summed E-state index contributed by atoms with van der Waals surface area (Å²) in [5, 5.41) is 9.54. The summed E-state index contributed by atoms with van der Waals surface area (Å²) in [6, 6.07) is 0. The minimum absolute atomic E-state index is 0.112. The molecule has 0 aliphatic carbocycles. The van der Waals surface area contributed by atoms with Crippen molar-refractivity contribution in [3.63, 3.8) is 0 Å². The number of rotatable bonds is 33. The fourth-order valence-corrected chi connectivity index (χ4v) is 4.81. The molecule has 0 fully saturated rings. The van der Waals surface area contributed by atoms with Crippen LogP contribution in [0.4, 0.5) is 0 Å². The topological polar surface area (TPSA) is 72.8 Å². The summed E-state index contributed by atoms with van der Waals surface area (Å²) in [4.78, 5) is 24.2. The molecule has 48 heavy (non-hydrogen) atoms. The minimum atomic E-state index is -0.808. The maximum atomic E-state index is 12.1. The van der Waals surface area contributed by atoms with E-state index in [1.165, 1.54) is 64.2 Å². The lowest BCUT2D eigenvalue weighted by Crippen LogP contribution is -2.28. The lowest BCUT2D eigenvalue weighted by atomic mass is 10.1. The molecular formula is C43H70O5. The predicted molar refractivity (Wildman–Crippen MR) is 205 cm³/mol. The normalized spacial score (nSPS) is 13.1. The summed E-state index contributed by atoms with van der Waals surface area (Å²) in [5.41, 5.74) is 0. The van der Waals surface area contributed by atoms with Crippen LogP contribution in [-0.2, 0) is 19.1 Å². The Morgan fingerprint density at radius 2 is 0.938 bits per heavy atom. The highest BCUT2D eigenvalue weighted by Crippen LogP contribution is 2.12. The smallest absolute Gasteiger partial charge is 0.306 e. The number of hydrogen-bond acceptors (Lipinski definition) is 5. The van der Waals surface area contributed by atoms with Gasteiger partial charge in [-0.05, 0) is 77.0 Å². The first-order chi connectivity index (χ1) is 23.6. The SMILES string of the molecule is CCC=CCC=CCC=CCC=CCC=CCC=CCCC(=O)OCC(CO)OC(=O)CCCCCCCCCC=CCCCCCC. The van der Waals surface area contributed by atoms with Crippen molar-refractivity contribution in [1.29, 1.82) is 0 Å². The van der Waals surface area contributed by atoms with E-state index in [1.54, 1.807) is 0 Å². The molecule has 0 aromatic rings. The molecule has 5 nitrogen and oxygen atoms in total. The second-order valence-electron chi connectivity index (χ2n) is 12.3. The van der Waals surface area contributed by atoms with Crippen LogP contribution in [0.25, 0.3) is 0 Å². The monoisotopic (exact) mass is 667 g/mol. The number of hydrogen-bond donors (Lipinski definition) is 1. The Labute approximate surface area is 295 Å². The van der Waals surface area contributed by atoms with Crippen LogP contribution in [0.3, 0.4) is 0 Å². The van der Waals surface area contributed by atoms with E-state index in [1.807, 2.05) is 12.2 Å². The van der Waals surface area contributed by atoms with Crippen LogP contribution in [0.15, 0.2) is 85.1 Å². The Bertz CT molecular complexity index is 937. The summed E-state index contributed by atoms with van der Waals surface area (Å²) in [5.74, 6) is -0.702. The van der Waals surface area contributed by atoms with Crippen molar-refractivity contribution in [3.8, 4) is 0 Å². The van der Waals surface area contributed by atoms with Gasteiger partial charge in [0.2, 0.25) is 0 Å². The van der Waals surface area contributed by atoms with Crippen LogP contribution in [0.5, 0.6) is 0 Å². The molecule has 0 saturated carbocycles. The zero-order valence-corrected chi connectivity index (χ0v) is 30.7. The molecule has 0 rings (SSSR count). The maximum absolute atomic E-state index is 12.1. The van der Waals surface area contributed by atoms with Crippen LogP contribution in [0.1, 0.15) is 155 Å². The molecule has 1 N–H and O–H groups in total. The molecule has 0 aromatic heterocycles. The number of allylic oxidation sites excluding steroid dienone is 14. The van der Waals surface area contributed by atoms with Gasteiger partial charge in [-0.3, -0.25) is 9.59 Å². The third-order valence-corrected chi connectivity index (χ3v) is 7.69. The maximum Gasteiger partial charge on any atom is 0.306 e. The third kappa shape index (κ3) is 35.9. The molecule has 0 amide bonds. The Hall–Kier alpha value is -2.92. The standard InChI is InChI=1S/C43H70O5/c1-3-5-7-9-11-13-15-17-19-20-21-22-24-25-27-29-31-33-35-37-42(45)47-40-41(39-44)48-43(46)38-36-34-32-30-28-26-23-18-16-14-12-10-8-6-4-2/h5,7,11,13-14,16-17,19,21-22,25,27,31,33,41,44H,3-4,6,8-10,12,15,18,20,23-24,26,28-30,32,34-40H2,1-2H3. The van der Waals surface area contributed by atoms with Crippen molar-refractivity contribution in [2.24, 2.45) is 0 Å². The van der Waals surface area contributed by atoms with Crippen molar-refractivity contribution >= 4 is 11.9 Å². The van der Waals surface area contributed by atoms with Crippen molar-refractivity contribution in [2.75, 3.05) is 13.2 Å². The Morgan fingerprint density at radius 3 is 1.44 bits per heavy atom. The van der Waals surface area contributed by atoms with E-state index >= 15 is 0 Å². The van der Waals surface area contributed by atoms with Crippen LogP contribution < -0.4 is 0 Å². The lowest BCUT2D eigenvalue weighted by molar-refractivity contribution is -0.161. The molecule has 0 aliphatic rings. The second-order valence-corrected chi connectivity index (χ2v) is 12.3. The Morgan fingerprint density at radius 1 is 0.500 bits per heavy atom. The van der Waals surface area contributed by atoms with Gasteiger partial charge in [-0.25, -0.2) is 0 Å². The van der Waals surface area contributed by atoms with E-state index < -0.39 is 6.10 Å².